The maximum atomic E-state index is 11.7. The van der Waals surface area contributed by atoms with E-state index in [1.54, 1.807) is 12.1 Å². The molecule has 1 aromatic rings. The zero-order valence-corrected chi connectivity index (χ0v) is 10.5. The second-order valence-corrected chi connectivity index (χ2v) is 4.72. The number of ketones is 2. The molecule has 0 N–H and O–H groups in total. The number of allylic oxidation sites excluding steroid dienone is 2. The summed E-state index contributed by atoms with van der Waals surface area (Å²) in [7, 11) is 0. The molecule has 1 aliphatic carbocycles. The highest BCUT2D eigenvalue weighted by Gasteiger charge is 2.25. The maximum Gasteiger partial charge on any atom is 0.233 e. The summed E-state index contributed by atoms with van der Waals surface area (Å²) in [5, 5.41) is 0. The Hall–Kier alpha value is -1.22. The first kappa shape index (κ1) is 11.3. The lowest BCUT2D eigenvalue weighted by Gasteiger charge is -2.15. The van der Waals surface area contributed by atoms with E-state index in [1.807, 2.05) is 6.07 Å². The summed E-state index contributed by atoms with van der Waals surface area (Å²) in [6.07, 6.45) is 3.25. The van der Waals surface area contributed by atoms with Crippen LogP contribution in [0, 0.1) is 0 Å². The minimum Gasteiger partial charge on any atom is -0.286 e. The van der Waals surface area contributed by atoms with E-state index in [4.69, 9.17) is 0 Å². The predicted octanol–water partition coefficient (Wildman–Crippen LogP) is 3.40. The monoisotopic (exact) mass is 278 g/mol. The van der Waals surface area contributed by atoms with Gasteiger partial charge in [-0.2, -0.15) is 0 Å². The Morgan fingerprint density at radius 2 is 1.94 bits per heavy atom. The summed E-state index contributed by atoms with van der Waals surface area (Å²) in [5.74, 6) is -0.805. The van der Waals surface area contributed by atoms with Crippen LogP contribution in [0.2, 0.25) is 0 Å². The highest BCUT2D eigenvalue weighted by Crippen LogP contribution is 2.30. The van der Waals surface area contributed by atoms with Crippen molar-refractivity contribution in [2.24, 2.45) is 0 Å². The van der Waals surface area contributed by atoms with E-state index in [2.05, 4.69) is 22.9 Å². The van der Waals surface area contributed by atoms with Gasteiger partial charge in [-0.25, -0.2) is 0 Å². The molecule has 82 valence electrons. The first-order valence-corrected chi connectivity index (χ1v) is 6.02. The van der Waals surface area contributed by atoms with Crippen LogP contribution in [0.5, 0.6) is 0 Å². The number of carbonyl (C=O) groups is 2. The Labute approximate surface area is 102 Å². The summed E-state index contributed by atoms with van der Waals surface area (Å²) in [4.78, 5) is 23.2. The van der Waals surface area contributed by atoms with Crippen molar-refractivity contribution in [1.82, 2.24) is 0 Å². The number of Topliss-reactive ketones (excluding diaryl/α,β-unsaturated/α-hetero) is 1. The molecule has 0 aromatic heterocycles. The number of hydrogen-bond donors (Lipinski definition) is 0. The highest BCUT2D eigenvalue weighted by atomic mass is 79.9. The minimum atomic E-state index is -0.404. The van der Waals surface area contributed by atoms with E-state index in [-0.39, 0.29) is 0 Å². The Morgan fingerprint density at radius 1 is 1.19 bits per heavy atom. The molecule has 0 radical (unpaired) electrons. The fraction of sp³-hybridized carbons (Fsp3) is 0.231. The topological polar surface area (TPSA) is 34.1 Å². The molecular formula is C13H11BrO2. The van der Waals surface area contributed by atoms with E-state index < -0.39 is 11.6 Å². The van der Waals surface area contributed by atoms with E-state index in [0.717, 1.165) is 28.5 Å². The van der Waals surface area contributed by atoms with Crippen LogP contribution in [0.3, 0.4) is 0 Å². The molecule has 0 heterocycles. The molecule has 0 saturated heterocycles. The average molecular weight is 279 g/mol. The second kappa shape index (κ2) is 4.34. The summed E-state index contributed by atoms with van der Waals surface area (Å²) < 4.78 is 0.926. The highest BCUT2D eigenvalue weighted by molar-refractivity contribution is 9.10. The van der Waals surface area contributed by atoms with Crippen LogP contribution < -0.4 is 0 Å². The average Bonchev–Trinajstić information content (AvgIpc) is 2.26. The summed E-state index contributed by atoms with van der Waals surface area (Å²) in [6, 6.07) is 5.41. The fourth-order valence-electron chi connectivity index (χ4n) is 1.89. The van der Waals surface area contributed by atoms with Crippen molar-refractivity contribution in [1.29, 1.82) is 0 Å². The summed E-state index contributed by atoms with van der Waals surface area (Å²) in [5.41, 5.74) is 2.38. The van der Waals surface area contributed by atoms with Gasteiger partial charge in [-0.15, -0.1) is 0 Å². The normalized spacial score (nSPS) is 14.8. The smallest absolute Gasteiger partial charge is 0.233 e. The number of carbonyl (C=O) groups excluding carboxylic acids is 2. The Morgan fingerprint density at radius 3 is 2.62 bits per heavy atom. The quantitative estimate of drug-likeness (QED) is 0.777. The summed E-state index contributed by atoms with van der Waals surface area (Å²) >= 11 is 3.38. The molecule has 1 aliphatic rings. The molecule has 3 heteroatoms. The first-order valence-electron chi connectivity index (χ1n) is 5.22. The Kier molecular flexibility index (Phi) is 3.06. The second-order valence-electron chi connectivity index (χ2n) is 3.80. The van der Waals surface area contributed by atoms with Crippen molar-refractivity contribution < 1.29 is 9.59 Å². The van der Waals surface area contributed by atoms with Crippen molar-refractivity contribution in [2.45, 2.75) is 19.8 Å². The van der Waals surface area contributed by atoms with Gasteiger partial charge in [-0.3, -0.25) is 9.59 Å². The molecule has 0 bridgehead atoms. The molecule has 0 spiro atoms. The van der Waals surface area contributed by atoms with Crippen molar-refractivity contribution in [3.05, 3.63) is 39.9 Å². The molecule has 2 rings (SSSR count). The number of hydrogen-bond acceptors (Lipinski definition) is 2. The van der Waals surface area contributed by atoms with Crippen molar-refractivity contribution in [3.8, 4) is 0 Å². The van der Waals surface area contributed by atoms with Crippen LogP contribution in [-0.2, 0) is 4.79 Å². The van der Waals surface area contributed by atoms with Gasteiger partial charge < -0.3 is 0 Å². The van der Waals surface area contributed by atoms with Crippen LogP contribution in [-0.4, -0.2) is 11.6 Å². The number of halogens is 1. The van der Waals surface area contributed by atoms with Crippen molar-refractivity contribution in [2.75, 3.05) is 0 Å². The van der Waals surface area contributed by atoms with Gasteiger partial charge in [0.2, 0.25) is 11.6 Å². The predicted molar refractivity (Wildman–Crippen MR) is 66.4 cm³/mol. The molecule has 0 fully saturated rings. The lowest BCUT2D eigenvalue weighted by Crippen LogP contribution is -2.18. The molecule has 0 amide bonds. The largest absolute Gasteiger partial charge is 0.286 e. The van der Waals surface area contributed by atoms with Crippen LogP contribution >= 0.6 is 15.9 Å². The van der Waals surface area contributed by atoms with E-state index in [1.165, 1.54) is 6.08 Å². The zero-order valence-electron chi connectivity index (χ0n) is 8.92. The molecule has 16 heavy (non-hydrogen) atoms. The van der Waals surface area contributed by atoms with E-state index in [0.29, 0.717) is 5.56 Å². The first-order chi connectivity index (χ1) is 7.63. The van der Waals surface area contributed by atoms with Crippen LogP contribution in [0.25, 0.3) is 5.57 Å². The van der Waals surface area contributed by atoms with Gasteiger partial charge in [0.1, 0.15) is 0 Å². The molecular weight excluding hydrogens is 268 g/mol. The minimum absolute atomic E-state index is 0.401. The zero-order chi connectivity index (χ0) is 11.7. The third-order valence-corrected chi connectivity index (χ3v) is 3.11. The lowest BCUT2D eigenvalue weighted by atomic mass is 9.87. The van der Waals surface area contributed by atoms with Gasteiger partial charge in [0.05, 0.1) is 0 Å². The molecule has 2 nitrogen and oxygen atoms in total. The number of benzene rings is 1. The number of fused-ring (bicyclic) bond motifs is 1. The van der Waals surface area contributed by atoms with Crippen LogP contribution in [0.1, 0.15) is 35.7 Å². The van der Waals surface area contributed by atoms with Crippen molar-refractivity contribution in [3.63, 3.8) is 0 Å². The molecule has 0 saturated carbocycles. The van der Waals surface area contributed by atoms with Gasteiger partial charge in [0.15, 0.2) is 0 Å². The van der Waals surface area contributed by atoms with Gasteiger partial charge in [0, 0.05) is 10.0 Å². The van der Waals surface area contributed by atoms with Gasteiger partial charge in [-0.05, 0) is 41.8 Å². The lowest BCUT2D eigenvalue weighted by molar-refractivity contribution is -0.111. The van der Waals surface area contributed by atoms with Gasteiger partial charge in [0.25, 0.3) is 0 Å². The molecule has 0 aliphatic heterocycles. The van der Waals surface area contributed by atoms with Crippen LogP contribution in [0.4, 0.5) is 0 Å². The van der Waals surface area contributed by atoms with Crippen LogP contribution in [0.15, 0.2) is 28.7 Å². The van der Waals surface area contributed by atoms with E-state index >= 15 is 0 Å². The standard InChI is InChI=1S/C13H11BrO2/c1-2-3-8-6-12(15)13(16)10-5-4-9(14)7-11(8)10/h4-7H,2-3H2,1H3. The molecule has 0 unspecified atom stereocenters. The SMILES string of the molecule is CCCC1=CC(=O)C(=O)c2ccc(Br)cc21. The van der Waals surface area contributed by atoms with Gasteiger partial charge >= 0.3 is 0 Å². The number of rotatable bonds is 2. The van der Waals surface area contributed by atoms with Gasteiger partial charge in [-0.1, -0.05) is 29.3 Å². The Balaban J connectivity index is 2.59. The third kappa shape index (κ3) is 1.87. The van der Waals surface area contributed by atoms with E-state index in [9.17, 15) is 9.59 Å². The third-order valence-electron chi connectivity index (χ3n) is 2.62. The van der Waals surface area contributed by atoms with Crippen molar-refractivity contribution >= 4 is 33.1 Å². The molecule has 1 aromatic carbocycles. The fourth-order valence-corrected chi connectivity index (χ4v) is 2.25. The Bertz CT molecular complexity index is 501. The molecule has 0 atom stereocenters. The summed E-state index contributed by atoms with van der Waals surface area (Å²) in [6.45, 7) is 2.05. The maximum absolute atomic E-state index is 11.7.